The van der Waals surface area contributed by atoms with Crippen molar-refractivity contribution >= 4 is 17.5 Å². The van der Waals surface area contributed by atoms with Crippen LogP contribution in [0.2, 0.25) is 5.02 Å². The first-order valence-electron chi connectivity index (χ1n) is 7.50. The van der Waals surface area contributed by atoms with Crippen molar-refractivity contribution < 1.29 is 9.53 Å². The minimum absolute atomic E-state index is 0.0491. The van der Waals surface area contributed by atoms with Gasteiger partial charge in [0.15, 0.2) is 6.10 Å². The monoisotopic (exact) mass is 310 g/mol. The van der Waals surface area contributed by atoms with Crippen molar-refractivity contribution in [1.29, 1.82) is 0 Å². The number of piperidine rings is 1. The van der Waals surface area contributed by atoms with Crippen LogP contribution in [0, 0.1) is 0 Å². The van der Waals surface area contributed by atoms with Crippen LogP contribution in [0.15, 0.2) is 24.3 Å². The third kappa shape index (κ3) is 4.61. The first-order chi connectivity index (χ1) is 10.1. The van der Waals surface area contributed by atoms with Gasteiger partial charge in [0, 0.05) is 6.04 Å². The van der Waals surface area contributed by atoms with Crippen molar-refractivity contribution in [3.8, 4) is 5.75 Å². The fourth-order valence-electron chi connectivity index (χ4n) is 2.46. The van der Waals surface area contributed by atoms with Gasteiger partial charge in [0.1, 0.15) is 5.75 Å². The second kappa shape index (κ2) is 7.66. The van der Waals surface area contributed by atoms with E-state index in [9.17, 15) is 4.79 Å². The van der Waals surface area contributed by atoms with Crippen molar-refractivity contribution in [2.45, 2.75) is 38.3 Å². The van der Waals surface area contributed by atoms with E-state index in [0.717, 1.165) is 25.9 Å². The fourth-order valence-corrected chi connectivity index (χ4v) is 2.64. The average Bonchev–Trinajstić information content (AvgIpc) is 2.48. The lowest BCUT2D eigenvalue weighted by atomic mass is 10.1. The van der Waals surface area contributed by atoms with Crippen LogP contribution in [0.5, 0.6) is 5.75 Å². The Morgan fingerprint density at radius 3 is 2.71 bits per heavy atom. The molecule has 1 amide bonds. The molecule has 1 aliphatic rings. The quantitative estimate of drug-likeness (QED) is 0.909. The predicted octanol–water partition coefficient (Wildman–Crippen LogP) is 2.71. The molecule has 1 aromatic rings. The highest BCUT2D eigenvalue weighted by Gasteiger charge is 2.24. The lowest BCUT2D eigenvalue weighted by Crippen LogP contribution is -2.47. The maximum atomic E-state index is 12.3. The van der Waals surface area contributed by atoms with E-state index < -0.39 is 6.10 Å². The first-order valence-corrected chi connectivity index (χ1v) is 7.88. The molecule has 2 rings (SSSR count). The highest BCUT2D eigenvalue weighted by molar-refractivity contribution is 6.32. The van der Waals surface area contributed by atoms with E-state index in [1.54, 1.807) is 12.1 Å². The Labute approximate surface area is 131 Å². The highest BCUT2D eigenvalue weighted by atomic mass is 35.5. The van der Waals surface area contributed by atoms with E-state index in [0.29, 0.717) is 17.2 Å². The van der Waals surface area contributed by atoms with Crippen LogP contribution in [0.25, 0.3) is 0 Å². The SMILES string of the molecule is CC[C@H](Oc1ccccc1Cl)C(=O)NC1CCN(C)CC1. The van der Waals surface area contributed by atoms with Gasteiger partial charge in [-0.05, 0) is 51.5 Å². The van der Waals surface area contributed by atoms with Crippen LogP contribution in [0.4, 0.5) is 0 Å². The van der Waals surface area contributed by atoms with E-state index >= 15 is 0 Å². The third-order valence-electron chi connectivity index (χ3n) is 3.83. The number of amides is 1. The largest absolute Gasteiger partial charge is 0.479 e. The van der Waals surface area contributed by atoms with E-state index in [-0.39, 0.29) is 11.9 Å². The van der Waals surface area contributed by atoms with Crippen molar-refractivity contribution in [2.24, 2.45) is 0 Å². The van der Waals surface area contributed by atoms with Gasteiger partial charge in [0.05, 0.1) is 5.02 Å². The molecule has 1 saturated heterocycles. The lowest BCUT2D eigenvalue weighted by molar-refractivity contribution is -0.129. The number of ether oxygens (including phenoxy) is 1. The summed E-state index contributed by atoms with van der Waals surface area (Å²) in [5.74, 6) is 0.511. The zero-order valence-electron chi connectivity index (χ0n) is 12.6. The van der Waals surface area contributed by atoms with Gasteiger partial charge in [-0.25, -0.2) is 0 Å². The summed E-state index contributed by atoms with van der Waals surface area (Å²) in [5, 5.41) is 3.63. The minimum Gasteiger partial charge on any atom is -0.479 e. The molecule has 1 atom stereocenters. The second-order valence-electron chi connectivity index (χ2n) is 5.53. The molecule has 1 heterocycles. The predicted molar refractivity (Wildman–Crippen MR) is 84.8 cm³/mol. The Kier molecular flexibility index (Phi) is 5.88. The number of benzene rings is 1. The molecular weight excluding hydrogens is 288 g/mol. The van der Waals surface area contributed by atoms with Crippen molar-refractivity contribution in [3.05, 3.63) is 29.3 Å². The van der Waals surface area contributed by atoms with E-state index in [4.69, 9.17) is 16.3 Å². The van der Waals surface area contributed by atoms with Gasteiger partial charge in [-0.2, -0.15) is 0 Å². The zero-order chi connectivity index (χ0) is 15.2. The van der Waals surface area contributed by atoms with Crippen LogP contribution in [0.1, 0.15) is 26.2 Å². The Morgan fingerprint density at radius 2 is 2.10 bits per heavy atom. The number of hydrogen-bond donors (Lipinski definition) is 1. The lowest BCUT2D eigenvalue weighted by Gasteiger charge is -2.30. The number of nitrogens with zero attached hydrogens (tertiary/aromatic N) is 1. The summed E-state index contributed by atoms with van der Waals surface area (Å²) in [6, 6.07) is 7.49. The molecule has 5 heteroatoms. The summed E-state index contributed by atoms with van der Waals surface area (Å²) in [4.78, 5) is 14.6. The summed E-state index contributed by atoms with van der Waals surface area (Å²) in [7, 11) is 2.10. The molecule has 0 aliphatic carbocycles. The van der Waals surface area contributed by atoms with Crippen LogP contribution in [-0.4, -0.2) is 43.1 Å². The van der Waals surface area contributed by atoms with E-state index in [2.05, 4.69) is 17.3 Å². The Hall–Kier alpha value is -1.26. The number of halogens is 1. The molecule has 0 unspecified atom stereocenters. The number of carbonyl (C=O) groups is 1. The molecule has 0 aromatic heterocycles. The van der Waals surface area contributed by atoms with E-state index in [1.807, 2.05) is 19.1 Å². The van der Waals surface area contributed by atoms with Gasteiger partial charge in [-0.3, -0.25) is 4.79 Å². The van der Waals surface area contributed by atoms with E-state index in [1.165, 1.54) is 0 Å². The third-order valence-corrected chi connectivity index (χ3v) is 4.15. The van der Waals surface area contributed by atoms with Gasteiger partial charge in [0.2, 0.25) is 0 Å². The average molecular weight is 311 g/mol. The number of likely N-dealkylation sites (tertiary alicyclic amines) is 1. The molecule has 1 fully saturated rings. The molecule has 4 nitrogen and oxygen atoms in total. The molecule has 1 aliphatic heterocycles. The summed E-state index contributed by atoms with van der Waals surface area (Å²) in [6.07, 6.45) is 2.10. The van der Waals surface area contributed by atoms with Gasteiger partial charge in [-0.1, -0.05) is 30.7 Å². The Morgan fingerprint density at radius 1 is 1.43 bits per heavy atom. The molecule has 0 radical (unpaired) electrons. The second-order valence-corrected chi connectivity index (χ2v) is 5.94. The number of para-hydroxylation sites is 1. The topological polar surface area (TPSA) is 41.6 Å². The summed E-state index contributed by atoms with van der Waals surface area (Å²) in [5.41, 5.74) is 0. The molecular formula is C16H23ClN2O2. The number of hydrogen-bond acceptors (Lipinski definition) is 3. The van der Waals surface area contributed by atoms with Crippen molar-refractivity contribution in [3.63, 3.8) is 0 Å². The summed E-state index contributed by atoms with van der Waals surface area (Å²) in [6.45, 7) is 3.98. The van der Waals surface area contributed by atoms with Crippen LogP contribution in [-0.2, 0) is 4.79 Å². The molecule has 1 aromatic carbocycles. The van der Waals surface area contributed by atoms with Crippen molar-refractivity contribution in [2.75, 3.05) is 20.1 Å². The molecule has 1 N–H and O–H groups in total. The molecule has 0 spiro atoms. The van der Waals surface area contributed by atoms with Crippen LogP contribution < -0.4 is 10.1 Å². The summed E-state index contributed by atoms with van der Waals surface area (Å²) < 4.78 is 5.76. The maximum Gasteiger partial charge on any atom is 0.261 e. The summed E-state index contributed by atoms with van der Waals surface area (Å²) >= 11 is 6.08. The first kappa shape index (κ1) is 16.1. The number of carbonyl (C=O) groups excluding carboxylic acids is 1. The molecule has 0 saturated carbocycles. The zero-order valence-corrected chi connectivity index (χ0v) is 13.4. The smallest absolute Gasteiger partial charge is 0.261 e. The van der Waals surface area contributed by atoms with Crippen LogP contribution in [0.3, 0.4) is 0 Å². The molecule has 0 bridgehead atoms. The van der Waals surface area contributed by atoms with Gasteiger partial charge >= 0.3 is 0 Å². The van der Waals surface area contributed by atoms with Crippen LogP contribution >= 0.6 is 11.6 Å². The van der Waals surface area contributed by atoms with Gasteiger partial charge < -0.3 is 15.0 Å². The normalized spacial score (nSPS) is 18.2. The minimum atomic E-state index is -0.496. The molecule has 116 valence electrons. The molecule has 21 heavy (non-hydrogen) atoms. The van der Waals surface area contributed by atoms with Gasteiger partial charge in [-0.15, -0.1) is 0 Å². The number of rotatable bonds is 5. The standard InChI is InChI=1S/C16H23ClN2O2/c1-3-14(21-15-7-5-4-6-13(15)17)16(20)18-12-8-10-19(2)11-9-12/h4-7,12,14H,3,8-11H2,1-2H3,(H,18,20)/t14-/m0/s1. The Balaban J connectivity index is 1.91. The van der Waals surface area contributed by atoms with Crippen molar-refractivity contribution in [1.82, 2.24) is 10.2 Å². The maximum absolute atomic E-state index is 12.3. The highest BCUT2D eigenvalue weighted by Crippen LogP contribution is 2.25. The number of nitrogens with one attached hydrogen (secondary N) is 1. The Bertz CT molecular complexity index is 473. The van der Waals surface area contributed by atoms with Gasteiger partial charge in [0.25, 0.3) is 5.91 Å². The fraction of sp³-hybridized carbons (Fsp3) is 0.562.